The molecule has 0 heterocycles. The van der Waals surface area contributed by atoms with E-state index in [-0.39, 0.29) is 5.75 Å². The molecule has 0 radical (unpaired) electrons. The van der Waals surface area contributed by atoms with E-state index >= 15 is 0 Å². The van der Waals surface area contributed by atoms with Crippen molar-refractivity contribution >= 4 is 5.97 Å². The van der Waals surface area contributed by atoms with Crippen molar-refractivity contribution in [2.75, 3.05) is 7.11 Å². The number of phenols is 1. The van der Waals surface area contributed by atoms with Crippen LogP contribution < -0.4 is 4.74 Å². The molecule has 0 amide bonds. The number of ether oxygens (including phenoxy) is 1. The van der Waals surface area contributed by atoms with Crippen molar-refractivity contribution in [2.24, 2.45) is 5.41 Å². The quantitative estimate of drug-likeness (QED) is 0.845. The Morgan fingerprint density at radius 2 is 2.00 bits per heavy atom. The van der Waals surface area contributed by atoms with Crippen LogP contribution in [0.1, 0.15) is 25.0 Å². The van der Waals surface area contributed by atoms with Crippen LogP contribution in [0.2, 0.25) is 0 Å². The maximum atomic E-state index is 11.1. The molecular weight excluding hydrogens is 220 g/mol. The lowest BCUT2D eigenvalue weighted by Gasteiger charge is -2.20. The van der Waals surface area contributed by atoms with E-state index in [9.17, 15) is 9.90 Å². The van der Waals surface area contributed by atoms with Crippen molar-refractivity contribution < 1.29 is 19.7 Å². The molecule has 0 spiro atoms. The molecule has 1 aromatic rings. The number of aromatic hydroxyl groups is 1. The lowest BCUT2D eigenvalue weighted by atomic mass is 9.84. The number of methoxy groups -OCH3 is 1. The van der Waals surface area contributed by atoms with Crippen molar-refractivity contribution in [2.45, 2.75) is 27.2 Å². The fourth-order valence-corrected chi connectivity index (χ4v) is 1.62. The second-order valence-corrected chi connectivity index (χ2v) is 4.82. The Morgan fingerprint density at radius 1 is 1.41 bits per heavy atom. The lowest BCUT2D eigenvalue weighted by molar-refractivity contribution is -0.146. The third-order valence-corrected chi connectivity index (χ3v) is 2.85. The fourth-order valence-electron chi connectivity index (χ4n) is 1.62. The molecule has 0 fully saturated rings. The van der Waals surface area contributed by atoms with Gasteiger partial charge in [0.1, 0.15) is 0 Å². The van der Waals surface area contributed by atoms with Crippen molar-refractivity contribution in [1.29, 1.82) is 0 Å². The Labute approximate surface area is 101 Å². The summed E-state index contributed by atoms with van der Waals surface area (Å²) in [5.41, 5.74) is 0.871. The number of carboxylic acids is 1. The summed E-state index contributed by atoms with van der Waals surface area (Å²) in [5, 5.41) is 18.8. The summed E-state index contributed by atoms with van der Waals surface area (Å²) in [6.45, 7) is 5.20. The first-order chi connectivity index (χ1) is 7.77. The molecule has 17 heavy (non-hydrogen) atoms. The van der Waals surface area contributed by atoms with Gasteiger partial charge in [-0.05, 0) is 50.5 Å². The Hall–Kier alpha value is -1.71. The molecule has 0 atom stereocenters. The van der Waals surface area contributed by atoms with Gasteiger partial charge >= 0.3 is 5.97 Å². The van der Waals surface area contributed by atoms with Gasteiger partial charge in [-0.3, -0.25) is 4.79 Å². The third-order valence-electron chi connectivity index (χ3n) is 2.85. The van der Waals surface area contributed by atoms with Crippen molar-refractivity contribution in [3.8, 4) is 11.5 Å². The topological polar surface area (TPSA) is 66.8 Å². The summed E-state index contributed by atoms with van der Waals surface area (Å²) in [5.74, 6) is -0.416. The zero-order valence-electron chi connectivity index (χ0n) is 10.6. The summed E-state index contributed by atoms with van der Waals surface area (Å²) in [6, 6.07) is 3.28. The van der Waals surface area contributed by atoms with Crippen LogP contribution in [-0.4, -0.2) is 23.3 Å². The highest BCUT2D eigenvalue weighted by Gasteiger charge is 2.28. The summed E-state index contributed by atoms with van der Waals surface area (Å²) in [7, 11) is 1.48. The van der Waals surface area contributed by atoms with Crippen LogP contribution in [0, 0.1) is 12.3 Å². The number of aryl methyl sites for hydroxylation is 1. The number of rotatable bonds is 4. The van der Waals surface area contributed by atoms with Crippen LogP contribution >= 0.6 is 0 Å². The van der Waals surface area contributed by atoms with Crippen LogP contribution in [-0.2, 0) is 11.2 Å². The van der Waals surface area contributed by atoms with Crippen LogP contribution in [0.15, 0.2) is 12.1 Å². The van der Waals surface area contributed by atoms with Gasteiger partial charge in [-0.1, -0.05) is 0 Å². The van der Waals surface area contributed by atoms with E-state index in [0.717, 1.165) is 11.1 Å². The number of hydrogen-bond acceptors (Lipinski definition) is 3. The predicted molar refractivity (Wildman–Crippen MR) is 64.5 cm³/mol. The molecule has 0 bridgehead atoms. The maximum Gasteiger partial charge on any atom is 0.309 e. The molecule has 0 aliphatic carbocycles. The number of aliphatic carboxylic acids is 1. The Balaban J connectivity index is 3.08. The minimum atomic E-state index is -0.855. The third kappa shape index (κ3) is 2.90. The minimum Gasteiger partial charge on any atom is -0.504 e. The zero-order valence-corrected chi connectivity index (χ0v) is 10.6. The first-order valence-corrected chi connectivity index (χ1v) is 5.38. The Morgan fingerprint density at radius 3 is 2.47 bits per heavy atom. The van der Waals surface area contributed by atoms with Gasteiger partial charge in [0.05, 0.1) is 12.5 Å². The summed E-state index contributed by atoms with van der Waals surface area (Å²) >= 11 is 0. The molecular formula is C13H18O4. The molecule has 0 saturated heterocycles. The van der Waals surface area contributed by atoms with E-state index in [1.54, 1.807) is 26.0 Å². The van der Waals surface area contributed by atoms with Crippen LogP contribution in [0.25, 0.3) is 0 Å². The predicted octanol–water partition coefficient (Wildman–Crippen LogP) is 2.36. The van der Waals surface area contributed by atoms with Gasteiger partial charge in [-0.2, -0.15) is 0 Å². The van der Waals surface area contributed by atoms with Gasteiger partial charge in [0.15, 0.2) is 11.5 Å². The molecule has 0 aliphatic heterocycles. The van der Waals surface area contributed by atoms with E-state index in [4.69, 9.17) is 9.84 Å². The zero-order chi connectivity index (χ0) is 13.2. The highest BCUT2D eigenvalue weighted by atomic mass is 16.5. The van der Waals surface area contributed by atoms with Gasteiger partial charge in [-0.25, -0.2) is 0 Å². The van der Waals surface area contributed by atoms with Gasteiger partial charge in [-0.15, -0.1) is 0 Å². The normalized spacial score (nSPS) is 11.3. The largest absolute Gasteiger partial charge is 0.504 e. The van der Waals surface area contributed by atoms with Crippen LogP contribution in [0.4, 0.5) is 0 Å². The molecule has 94 valence electrons. The number of carboxylic acid groups (broad SMARTS) is 1. The minimum absolute atomic E-state index is 0.0364. The van der Waals surface area contributed by atoms with Crippen molar-refractivity contribution in [3.63, 3.8) is 0 Å². The van der Waals surface area contributed by atoms with E-state index in [1.807, 2.05) is 6.92 Å². The van der Waals surface area contributed by atoms with Crippen LogP contribution in [0.3, 0.4) is 0 Å². The van der Waals surface area contributed by atoms with Gasteiger partial charge < -0.3 is 14.9 Å². The highest BCUT2D eigenvalue weighted by Crippen LogP contribution is 2.32. The van der Waals surface area contributed by atoms with E-state index in [0.29, 0.717) is 12.2 Å². The molecule has 1 aromatic carbocycles. The van der Waals surface area contributed by atoms with Gasteiger partial charge in [0.2, 0.25) is 0 Å². The number of hydrogen-bond donors (Lipinski definition) is 2. The molecule has 2 N–H and O–H groups in total. The molecule has 0 aliphatic rings. The first-order valence-electron chi connectivity index (χ1n) is 5.38. The second kappa shape index (κ2) is 4.65. The number of carbonyl (C=O) groups is 1. The molecule has 0 aromatic heterocycles. The molecule has 0 unspecified atom stereocenters. The van der Waals surface area contributed by atoms with E-state index < -0.39 is 11.4 Å². The SMILES string of the molecule is COc1cc(C)c(CC(C)(C)C(=O)O)cc1O. The van der Waals surface area contributed by atoms with Gasteiger partial charge in [0.25, 0.3) is 0 Å². The van der Waals surface area contributed by atoms with E-state index in [1.165, 1.54) is 7.11 Å². The van der Waals surface area contributed by atoms with Gasteiger partial charge in [0, 0.05) is 0 Å². The number of phenolic OH excluding ortho intramolecular Hbond substituents is 1. The van der Waals surface area contributed by atoms with Crippen LogP contribution in [0.5, 0.6) is 11.5 Å². The fraction of sp³-hybridized carbons (Fsp3) is 0.462. The van der Waals surface area contributed by atoms with Crippen molar-refractivity contribution in [3.05, 3.63) is 23.3 Å². The average Bonchev–Trinajstić information content (AvgIpc) is 2.22. The first kappa shape index (κ1) is 13.4. The number of benzene rings is 1. The molecule has 0 saturated carbocycles. The highest BCUT2D eigenvalue weighted by molar-refractivity contribution is 5.74. The summed E-state index contributed by atoms with van der Waals surface area (Å²) < 4.78 is 4.99. The Bertz CT molecular complexity index is 435. The smallest absolute Gasteiger partial charge is 0.309 e. The molecule has 4 nitrogen and oxygen atoms in total. The summed E-state index contributed by atoms with van der Waals surface area (Å²) in [4.78, 5) is 11.1. The monoisotopic (exact) mass is 238 g/mol. The van der Waals surface area contributed by atoms with E-state index in [2.05, 4.69) is 0 Å². The molecule has 4 heteroatoms. The lowest BCUT2D eigenvalue weighted by Crippen LogP contribution is -2.26. The summed E-state index contributed by atoms with van der Waals surface area (Å²) in [6.07, 6.45) is 0.367. The van der Waals surface area contributed by atoms with Crippen molar-refractivity contribution in [1.82, 2.24) is 0 Å². The molecule has 1 rings (SSSR count). The Kier molecular flexibility index (Phi) is 3.66. The maximum absolute atomic E-state index is 11.1. The average molecular weight is 238 g/mol. The second-order valence-electron chi connectivity index (χ2n) is 4.82. The standard InChI is InChI=1S/C13H18O4/c1-8-5-11(17-4)10(14)6-9(8)7-13(2,3)12(15)16/h5-6,14H,7H2,1-4H3,(H,15,16).